The fraction of sp³-hybridized carbons (Fsp3) is 0.238. The number of carbonyl (C=O) groups excluding carboxylic acids is 2. The van der Waals surface area contributed by atoms with E-state index in [1.807, 2.05) is 0 Å². The average molecular weight is 368 g/mol. The third kappa shape index (κ3) is 3.19. The predicted octanol–water partition coefficient (Wildman–Crippen LogP) is 3.15. The summed E-state index contributed by atoms with van der Waals surface area (Å²) >= 11 is 0. The number of aromatic hydroxyl groups is 2. The van der Waals surface area contributed by atoms with Gasteiger partial charge in [0, 0.05) is 24.3 Å². The molecule has 0 saturated carbocycles. The highest BCUT2D eigenvalue weighted by molar-refractivity contribution is 6.30. The van der Waals surface area contributed by atoms with Crippen LogP contribution in [0.3, 0.4) is 0 Å². The molecule has 0 aliphatic heterocycles. The fourth-order valence-electron chi connectivity index (χ4n) is 3.14. The lowest BCUT2D eigenvalue weighted by molar-refractivity contribution is 0.0835. The number of methoxy groups -OCH3 is 1. The van der Waals surface area contributed by atoms with E-state index in [9.17, 15) is 19.8 Å². The second-order valence-electron chi connectivity index (χ2n) is 6.61. The molecule has 0 heterocycles. The Hall–Kier alpha value is -3.12. The van der Waals surface area contributed by atoms with Crippen molar-refractivity contribution in [3.05, 3.63) is 64.2 Å². The van der Waals surface area contributed by atoms with Gasteiger partial charge in [-0.05, 0) is 43.2 Å². The lowest BCUT2D eigenvalue weighted by atomic mass is 9.82. The first-order valence-electron chi connectivity index (χ1n) is 8.35. The largest absolute Gasteiger partial charge is 0.507 e. The van der Waals surface area contributed by atoms with Gasteiger partial charge in [0.1, 0.15) is 30.0 Å². The van der Waals surface area contributed by atoms with Crippen LogP contribution in [0.25, 0.3) is 0 Å². The van der Waals surface area contributed by atoms with Crippen LogP contribution in [0.5, 0.6) is 17.2 Å². The molecular weight excluding hydrogens is 348 g/mol. The molecule has 0 fully saturated rings. The summed E-state index contributed by atoms with van der Waals surface area (Å²) in [4.78, 5) is 25.7. The third-order valence-electron chi connectivity index (χ3n) is 4.53. The molecule has 2 aromatic carbocycles. The molecule has 0 bridgehead atoms. The molecule has 0 spiro atoms. The summed E-state index contributed by atoms with van der Waals surface area (Å²) in [5.41, 5.74) is 1.34. The Kier molecular flexibility index (Phi) is 4.76. The van der Waals surface area contributed by atoms with E-state index in [1.54, 1.807) is 19.9 Å². The second kappa shape index (κ2) is 6.89. The average Bonchev–Trinajstić information content (AvgIpc) is 2.58. The van der Waals surface area contributed by atoms with Crippen molar-refractivity contribution in [3.8, 4) is 17.2 Å². The highest BCUT2D eigenvalue weighted by Crippen LogP contribution is 2.39. The van der Waals surface area contributed by atoms with Gasteiger partial charge in [-0.15, -0.1) is 0 Å². The van der Waals surface area contributed by atoms with Crippen molar-refractivity contribution in [1.82, 2.24) is 0 Å². The zero-order valence-electron chi connectivity index (χ0n) is 15.3. The van der Waals surface area contributed by atoms with Crippen LogP contribution in [0.15, 0.2) is 36.4 Å². The minimum atomic E-state index is -0.599. The van der Waals surface area contributed by atoms with Crippen LogP contribution in [-0.4, -0.2) is 41.6 Å². The smallest absolute Gasteiger partial charge is 0.201 e. The Bertz CT molecular complexity index is 973. The Morgan fingerprint density at radius 1 is 1.04 bits per heavy atom. The number of hydrogen-bond acceptors (Lipinski definition) is 6. The van der Waals surface area contributed by atoms with Crippen molar-refractivity contribution in [3.63, 3.8) is 0 Å². The first kappa shape index (κ1) is 18.7. The highest BCUT2D eigenvalue weighted by Gasteiger charge is 2.35. The van der Waals surface area contributed by atoms with E-state index in [0.717, 1.165) is 5.57 Å². The SMILES string of the molecule is C=C(C)[C@H](COc1cc(O)c2c(c1)C(=O)c1cc(C)cc(O)c1C2=O)OC. The summed E-state index contributed by atoms with van der Waals surface area (Å²) in [6.07, 6.45) is -0.346. The molecule has 2 N–H and O–H groups in total. The first-order chi connectivity index (χ1) is 12.7. The normalized spacial score (nSPS) is 13.7. The van der Waals surface area contributed by atoms with Gasteiger partial charge in [0.2, 0.25) is 5.78 Å². The van der Waals surface area contributed by atoms with Crippen LogP contribution in [0, 0.1) is 6.92 Å². The molecular formula is C21H20O6. The van der Waals surface area contributed by atoms with Crippen LogP contribution in [-0.2, 0) is 4.74 Å². The van der Waals surface area contributed by atoms with E-state index in [1.165, 1.54) is 25.3 Å². The maximum atomic E-state index is 12.9. The van der Waals surface area contributed by atoms with Crippen molar-refractivity contribution >= 4 is 11.6 Å². The van der Waals surface area contributed by atoms with E-state index in [2.05, 4.69) is 6.58 Å². The highest BCUT2D eigenvalue weighted by atomic mass is 16.5. The summed E-state index contributed by atoms with van der Waals surface area (Å²) in [6, 6.07) is 5.64. The van der Waals surface area contributed by atoms with Gasteiger partial charge in [-0.3, -0.25) is 9.59 Å². The van der Waals surface area contributed by atoms with Gasteiger partial charge in [-0.2, -0.15) is 0 Å². The summed E-state index contributed by atoms with van der Waals surface area (Å²) < 4.78 is 10.9. The van der Waals surface area contributed by atoms with Gasteiger partial charge in [-0.25, -0.2) is 0 Å². The molecule has 1 aliphatic rings. The number of fused-ring (bicyclic) bond motifs is 2. The lowest BCUT2D eigenvalue weighted by Crippen LogP contribution is -2.23. The number of rotatable bonds is 5. The van der Waals surface area contributed by atoms with Gasteiger partial charge in [0.15, 0.2) is 5.78 Å². The van der Waals surface area contributed by atoms with Crippen molar-refractivity contribution in [2.24, 2.45) is 0 Å². The Morgan fingerprint density at radius 3 is 2.22 bits per heavy atom. The van der Waals surface area contributed by atoms with E-state index < -0.39 is 11.6 Å². The third-order valence-corrected chi connectivity index (χ3v) is 4.53. The molecule has 1 atom stereocenters. The summed E-state index contributed by atoms with van der Waals surface area (Å²) in [5, 5.41) is 20.5. The fourth-order valence-corrected chi connectivity index (χ4v) is 3.14. The number of phenols is 2. The Morgan fingerprint density at radius 2 is 1.63 bits per heavy atom. The molecule has 3 rings (SSSR count). The van der Waals surface area contributed by atoms with Crippen LogP contribution >= 0.6 is 0 Å². The van der Waals surface area contributed by atoms with Gasteiger partial charge < -0.3 is 19.7 Å². The quantitative estimate of drug-likeness (QED) is 0.672. The zero-order valence-corrected chi connectivity index (χ0v) is 15.3. The maximum Gasteiger partial charge on any atom is 0.201 e. The molecule has 0 amide bonds. The van der Waals surface area contributed by atoms with Gasteiger partial charge >= 0.3 is 0 Å². The molecule has 140 valence electrons. The standard InChI is InChI=1S/C21H20O6/c1-10(2)17(26-4)9-27-12-7-14-19(16(23)8-12)21(25)18-13(20(14)24)5-11(3)6-15(18)22/h5-8,17,22-23H,1,9H2,2-4H3/t17-/m0/s1. The molecule has 0 saturated heterocycles. The molecule has 1 aliphatic carbocycles. The summed E-state index contributed by atoms with van der Waals surface area (Å²) in [6.45, 7) is 7.47. The van der Waals surface area contributed by atoms with E-state index in [4.69, 9.17) is 9.47 Å². The number of hydrogen-bond donors (Lipinski definition) is 2. The summed E-state index contributed by atoms with van der Waals surface area (Å²) in [7, 11) is 1.53. The minimum absolute atomic E-state index is 0.0387. The van der Waals surface area contributed by atoms with E-state index in [0.29, 0.717) is 5.56 Å². The maximum absolute atomic E-state index is 12.9. The van der Waals surface area contributed by atoms with Crippen molar-refractivity contribution in [2.45, 2.75) is 20.0 Å². The number of carbonyl (C=O) groups is 2. The van der Waals surface area contributed by atoms with Gasteiger partial charge in [-0.1, -0.05) is 6.58 Å². The number of ketones is 2. The molecule has 6 heteroatoms. The molecule has 0 radical (unpaired) electrons. The Labute approximate surface area is 156 Å². The van der Waals surface area contributed by atoms with Crippen molar-refractivity contribution in [1.29, 1.82) is 0 Å². The Balaban J connectivity index is 2.03. The van der Waals surface area contributed by atoms with Crippen molar-refractivity contribution < 1.29 is 29.3 Å². The minimum Gasteiger partial charge on any atom is -0.507 e. The second-order valence-corrected chi connectivity index (χ2v) is 6.61. The van der Waals surface area contributed by atoms with Crippen LogP contribution in [0.4, 0.5) is 0 Å². The van der Waals surface area contributed by atoms with Crippen LogP contribution in [0.1, 0.15) is 44.3 Å². The molecule has 0 aromatic heterocycles. The number of phenolic OH excluding ortho intramolecular Hbond substituents is 2. The molecule has 2 aromatic rings. The predicted molar refractivity (Wildman–Crippen MR) is 98.9 cm³/mol. The molecule has 0 unspecified atom stereocenters. The first-order valence-corrected chi connectivity index (χ1v) is 8.35. The molecule has 27 heavy (non-hydrogen) atoms. The summed E-state index contributed by atoms with van der Waals surface area (Å²) in [5.74, 6) is -1.48. The van der Waals surface area contributed by atoms with Crippen LogP contribution in [0.2, 0.25) is 0 Å². The number of ether oxygens (including phenoxy) is 2. The van der Waals surface area contributed by atoms with Gasteiger partial charge in [0.05, 0.1) is 11.1 Å². The topological polar surface area (TPSA) is 93.1 Å². The monoisotopic (exact) mass is 368 g/mol. The molecule has 6 nitrogen and oxygen atoms in total. The van der Waals surface area contributed by atoms with E-state index >= 15 is 0 Å². The van der Waals surface area contributed by atoms with Crippen molar-refractivity contribution in [2.75, 3.05) is 13.7 Å². The number of benzene rings is 2. The van der Waals surface area contributed by atoms with E-state index in [-0.39, 0.29) is 52.2 Å². The lowest BCUT2D eigenvalue weighted by Gasteiger charge is -2.21. The van der Waals surface area contributed by atoms with Crippen LogP contribution < -0.4 is 4.74 Å². The number of aryl methyl sites for hydroxylation is 1. The van der Waals surface area contributed by atoms with Gasteiger partial charge in [0.25, 0.3) is 0 Å². The zero-order chi connectivity index (χ0) is 19.9.